The molecule has 7 heteroatoms. The van der Waals surface area contributed by atoms with Gasteiger partial charge in [-0.25, -0.2) is 13.2 Å². The molecule has 0 N–H and O–H groups in total. The number of carbonyl (C=O) groups is 2. The van der Waals surface area contributed by atoms with Crippen LogP contribution in [0.25, 0.3) is 0 Å². The molecule has 0 amide bonds. The Morgan fingerprint density at radius 3 is 2.27 bits per heavy atom. The Morgan fingerprint density at radius 2 is 1.63 bits per heavy atom. The number of benzene rings is 2. The molecule has 1 heterocycles. The van der Waals surface area contributed by atoms with Gasteiger partial charge in [0.2, 0.25) is 10.0 Å². The average Bonchev–Trinajstić information content (AvgIpc) is 2.78. The Labute approximate surface area is 177 Å². The van der Waals surface area contributed by atoms with Crippen LogP contribution in [0.3, 0.4) is 0 Å². The fourth-order valence-corrected chi connectivity index (χ4v) is 4.95. The van der Waals surface area contributed by atoms with Gasteiger partial charge in [0.05, 0.1) is 10.5 Å². The molecule has 1 saturated heterocycles. The molecule has 3 rings (SSSR count). The van der Waals surface area contributed by atoms with E-state index in [1.165, 1.54) is 28.6 Å². The molecule has 0 unspecified atom stereocenters. The van der Waals surface area contributed by atoms with Crippen LogP contribution in [0.5, 0.6) is 0 Å². The maximum atomic E-state index is 12.8. The first-order valence-corrected chi connectivity index (χ1v) is 11.6. The third-order valence-electron chi connectivity index (χ3n) is 5.26. The fraction of sp³-hybridized carbons (Fsp3) is 0.391. The molecular formula is C23H27NO5S. The van der Waals surface area contributed by atoms with Crippen molar-refractivity contribution in [3.63, 3.8) is 0 Å². The molecule has 0 saturated carbocycles. The number of ether oxygens (including phenoxy) is 1. The van der Waals surface area contributed by atoms with Gasteiger partial charge < -0.3 is 4.74 Å². The number of Topliss-reactive ketones (excluding diaryl/α,β-unsaturated/α-hetero) is 1. The van der Waals surface area contributed by atoms with Gasteiger partial charge in [-0.3, -0.25) is 4.79 Å². The van der Waals surface area contributed by atoms with Gasteiger partial charge in [0, 0.05) is 18.7 Å². The quantitative estimate of drug-likeness (QED) is 0.490. The SMILES string of the molecule is CC(C)c1ccc(C(=O)COC(=O)c2cccc(S(=O)(=O)N3CCCCC3)c2)cc1. The van der Waals surface area contributed by atoms with Gasteiger partial charge in [0.1, 0.15) is 0 Å². The lowest BCUT2D eigenvalue weighted by Crippen LogP contribution is -2.35. The number of hydrogen-bond donors (Lipinski definition) is 0. The molecule has 30 heavy (non-hydrogen) atoms. The fourth-order valence-electron chi connectivity index (χ4n) is 3.39. The van der Waals surface area contributed by atoms with Crippen molar-refractivity contribution in [1.82, 2.24) is 4.31 Å². The molecule has 0 atom stereocenters. The van der Waals surface area contributed by atoms with Crippen molar-refractivity contribution in [2.24, 2.45) is 0 Å². The number of piperidine rings is 1. The summed E-state index contributed by atoms with van der Waals surface area (Å²) in [6.07, 6.45) is 2.69. The van der Waals surface area contributed by atoms with Gasteiger partial charge in [0.25, 0.3) is 0 Å². The van der Waals surface area contributed by atoms with E-state index in [9.17, 15) is 18.0 Å². The first-order valence-electron chi connectivity index (χ1n) is 10.2. The number of esters is 1. The van der Waals surface area contributed by atoms with Crippen molar-refractivity contribution >= 4 is 21.8 Å². The number of ketones is 1. The Morgan fingerprint density at radius 1 is 0.967 bits per heavy atom. The van der Waals surface area contributed by atoms with E-state index >= 15 is 0 Å². The predicted octanol–water partition coefficient (Wildman–Crippen LogP) is 4.02. The molecule has 0 aliphatic carbocycles. The first kappa shape index (κ1) is 22.2. The zero-order chi connectivity index (χ0) is 21.7. The molecule has 0 aromatic heterocycles. The summed E-state index contributed by atoms with van der Waals surface area (Å²) in [7, 11) is -3.64. The van der Waals surface area contributed by atoms with Crippen LogP contribution >= 0.6 is 0 Å². The minimum atomic E-state index is -3.64. The molecule has 0 bridgehead atoms. The summed E-state index contributed by atoms with van der Waals surface area (Å²) in [5.41, 5.74) is 1.69. The zero-order valence-corrected chi connectivity index (χ0v) is 18.2. The highest BCUT2D eigenvalue weighted by Gasteiger charge is 2.26. The maximum Gasteiger partial charge on any atom is 0.338 e. The molecule has 160 valence electrons. The van der Waals surface area contributed by atoms with E-state index in [1.54, 1.807) is 12.1 Å². The van der Waals surface area contributed by atoms with E-state index in [0.29, 0.717) is 24.6 Å². The normalized spacial score (nSPS) is 15.2. The molecule has 0 spiro atoms. The molecule has 1 fully saturated rings. The second-order valence-corrected chi connectivity index (χ2v) is 9.71. The van der Waals surface area contributed by atoms with Crippen molar-refractivity contribution in [2.75, 3.05) is 19.7 Å². The summed E-state index contributed by atoms with van der Waals surface area (Å²) in [6.45, 7) is 4.71. The molecule has 6 nitrogen and oxygen atoms in total. The van der Waals surface area contributed by atoms with Crippen LogP contribution in [-0.2, 0) is 14.8 Å². The minimum absolute atomic E-state index is 0.0643. The van der Waals surface area contributed by atoms with E-state index in [1.807, 2.05) is 12.1 Å². The van der Waals surface area contributed by atoms with E-state index in [4.69, 9.17) is 4.74 Å². The van der Waals surface area contributed by atoms with Gasteiger partial charge in [-0.2, -0.15) is 4.31 Å². The van der Waals surface area contributed by atoms with Crippen LogP contribution in [0.2, 0.25) is 0 Å². The summed E-state index contributed by atoms with van der Waals surface area (Å²) in [5, 5.41) is 0. The Hall–Kier alpha value is -2.51. The molecule has 1 aliphatic rings. The first-order chi connectivity index (χ1) is 14.3. The highest BCUT2D eigenvalue weighted by atomic mass is 32.2. The van der Waals surface area contributed by atoms with E-state index in [2.05, 4.69) is 13.8 Å². The van der Waals surface area contributed by atoms with Crippen molar-refractivity contribution in [3.8, 4) is 0 Å². The highest BCUT2D eigenvalue weighted by Crippen LogP contribution is 2.22. The minimum Gasteiger partial charge on any atom is -0.454 e. The lowest BCUT2D eigenvalue weighted by molar-refractivity contribution is 0.0474. The lowest BCUT2D eigenvalue weighted by Gasteiger charge is -2.25. The monoisotopic (exact) mass is 429 g/mol. The molecular weight excluding hydrogens is 402 g/mol. The van der Waals surface area contributed by atoms with Crippen molar-refractivity contribution in [1.29, 1.82) is 0 Å². The predicted molar refractivity (Wildman–Crippen MR) is 114 cm³/mol. The second kappa shape index (κ2) is 9.53. The molecule has 2 aromatic rings. The number of sulfonamides is 1. The number of carbonyl (C=O) groups excluding carboxylic acids is 2. The molecule has 1 aliphatic heterocycles. The summed E-state index contributed by atoms with van der Waals surface area (Å²) in [5.74, 6) is -0.672. The zero-order valence-electron chi connectivity index (χ0n) is 17.3. The standard InChI is InChI=1S/C23H27NO5S/c1-17(2)18-9-11-19(12-10-18)22(25)16-29-23(26)20-7-6-8-21(15-20)30(27,28)24-13-4-3-5-14-24/h6-12,15,17H,3-5,13-14,16H2,1-2H3. The van der Waals surface area contributed by atoms with Gasteiger partial charge in [-0.1, -0.05) is 50.6 Å². The Kier molecular flexibility index (Phi) is 7.05. The van der Waals surface area contributed by atoms with Gasteiger partial charge >= 0.3 is 5.97 Å². The van der Waals surface area contributed by atoms with Crippen LogP contribution in [0.4, 0.5) is 0 Å². The van der Waals surface area contributed by atoms with Crippen LogP contribution in [-0.4, -0.2) is 44.2 Å². The molecule has 0 radical (unpaired) electrons. The number of rotatable bonds is 7. The summed E-state index contributed by atoms with van der Waals surface area (Å²) >= 11 is 0. The summed E-state index contributed by atoms with van der Waals surface area (Å²) in [4.78, 5) is 24.8. The largest absolute Gasteiger partial charge is 0.454 e. The second-order valence-electron chi connectivity index (χ2n) is 7.77. The maximum absolute atomic E-state index is 12.8. The smallest absolute Gasteiger partial charge is 0.338 e. The summed E-state index contributed by atoms with van der Waals surface area (Å²) in [6, 6.07) is 13.0. The van der Waals surface area contributed by atoms with E-state index in [0.717, 1.165) is 24.8 Å². The lowest BCUT2D eigenvalue weighted by atomic mass is 10.0. The number of nitrogens with zero attached hydrogens (tertiary/aromatic N) is 1. The highest BCUT2D eigenvalue weighted by molar-refractivity contribution is 7.89. The van der Waals surface area contributed by atoms with Crippen molar-refractivity contribution < 1.29 is 22.7 Å². The van der Waals surface area contributed by atoms with E-state index < -0.39 is 22.6 Å². The van der Waals surface area contributed by atoms with Crippen LogP contribution in [0.1, 0.15) is 65.3 Å². The topological polar surface area (TPSA) is 80.8 Å². The number of hydrogen-bond acceptors (Lipinski definition) is 5. The van der Waals surface area contributed by atoms with Crippen LogP contribution in [0, 0.1) is 0 Å². The van der Waals surface area contributed by atoms with Gasteiger partial charge in [-0.05, 0) is 42.5 Å². The van der Waals surface area contributed by atoms with Crippen LogP contribution in [0.15, 0.2) is 53.4 Å². The van der Waals surface area contributed by atoms with Gasteiger partial charge in [0.15, 0.2) is 12.4 Å². The van der Waals surface area contributed by atoms with Crippen molar-refractivity contribution in [2.45, 2.75) is 43.9 Å². The van der Waals surface area contributed by atoms with Crippen molar-refractivity contribution in [3.05, 3.63) is 65.2 Å². The third-order valence-corrected chi connectivity index (χ3v) is 7.15. The average molecular weight is 430 g/mol. The Bertz CT molecular complexity index is 1010. The summed E-state index contributed by atoms with van der Waals surface area (Å²) < 4.78 is 32.2. The molecule has 2 aromatic carbocycles. The van der Waals surface area contributed by atoms with Crippen LogP contribution < -0.4 is 0 Å². The Balaban J connectivity index is 1.65. The van der Waals surface area contributed by atoms with Gasteiger partial charge in [-0.15, -0.1) is 0 Å². The van der Waals surface area contributed by atoms with E-state index in [-0.39, 0.29) is 16.2 Å². The third kappa shape index (κ3) is 5.15.